The summed E-state index contributed by atoms with van der Waals surface area (Å²) in [6, 6.07) is 9.06. The fourth-order valence-electron chi connectivity index (χ4n) is 7.18. The van der Waals surface area contributed by atoms with E-state index in [-0.39, 0.29) is 29.5 Å². The highest BCUT2D eigenvalue weighted by molar-refractivity contribution is 7.47. The Balaban J connectivity index is 1.24. The maximum Gasteiger partial charge on any atom is 0.472 e. The number of phosphoric acid groups is 1. The van der Waals surface area contributed by atoms with E-state index in [2.05, 4.69) is 16.9 Å². The van der Waals surface area contributed by atoms with Gasteiger partial charge < -0.3 is 39.8 Å². The van der Waals surface area contributed by atoms with E-state index < -0.39 is 56.9 Å². The first kappa shape index (κ1) is 47.8. The van der Waals surface area contributed by atoms with Crippen LogP contribution in [0.25, 0.3) is 10.4 Å². The molecular weight excluding hydrogens is 784 g/mol. The molecule has 3 heterocycles. The third kappa shape index (κ3) is 13.6. The molecule has 1 unspecified atom stereocenters. The molecule has 15 nitrogen and oxygen atoms in total. The van der Waals surface area contributed by atoms with Gasteiger partial charge in [-0.25, -0.2) is 18.3 Å². The summed E-state index contributed by atoms with van der Waals surface area (Å²) in [6.45, 7) is 8.39. The number of nitrogens with two attached hydrogens (primary N) is 1. The monoisotopic (exact) mass is 845 g/mol. The zero-order chi connectivity index (χ0) is 42.7. The van der Waals surface area contributed by atoms with Crippen LogP contribution in [-0.2, 0) is 28.7 Å². The van der Waals surface area contributed by atoms with Crippen LogP contribution < -0.4 is 15.2 Å². The van der Waals surface area contributed by atoms with E-state index in [1.54, 1.807) is 12.1 Å². The fourth-order valence-corrected chi connectivity index (χ4v) is 7.95. The van der Waals surface area contributed by atoms with E-state index in [9.17, 15) is 24.9 Å². The molecule has 0 radical (unpaired) electrons. The molecular formula is C42H61FN5O10P. The molecule has 1 aromatic carbocycles. The number of anilines is 1. The number of unbranched alkanes of at least 4 members (excludes halogenated alkanes) is 15. The number of rotatable bonds is 29. The lowest BCUT2D eigenvalue weighted by Crippen LogP contribution is -2.41. The summed E-state index contributed by atoms with van der Waals surface area (Å²) in [5, 5.41) is 36.2. The van der Waals surface area contributed by atoms with Crippen molar-refractivity contribution in [3.05, 3.63) is 59.5 Å². The number of benzene rings is 1. The first-order chi connectivity index (χ1) is 28.5. The van der Waals surface area contributed by atoms with Crippen molar-refractivity contribution < 1.29 is 52.1 Å². The largest absolute Gasteiger partial charge is 0.505 e. The van der Waals surface area contributed by atoms with E-state index in [0.29, 0.717) is 17.8 Å². The summed E-state index contributed by atoms with van der Waals surface area (Å²) in [5.74, 6) is -1.55. The normalized spacial score (nSPS) is 20.6. The number of methoxy groups -OCH3 is 1. The van der Waals surface area contributed by atoms with Crippen molar-refractivity contribution in [1.29, 1.82) is 5.26 Å². The average Bonchev–Trinajstić information content (AvgIpc) is 3.78. The van der Waals surface area contributed by atoms with Gasteiger partial charge in [0.25, 0.3) is 0 Å². The van der Waals surface area contributed by atoms with Crippen LogP contribution in [0.1, 0.15) is 115 Å². The number of nitrogens with zero attached hydrogens (tertiary/aromatic N) is 4. The van der Waals surface area contributed by atoms with Gasteiger partial charge >= 0.3 is 7.82 Å². The summed E-state index contributed by atoms with van der Waals surface area (Å²) < 4.78 is 62.5. The first-order valence-corrected chi connectivity index (χ1v) is 22.3. The van der Waals surface area contributed by atoms with Crippen LogP contribution in [0, 0.1) is 23.7 Å². The predicted molar refractivity (Wildman–Crippen MR) is 220 cm³/mol. The van der Waals surface area contributed by atoms with Crippen molar-refractivity contribution >= 4 is 24.7 Å². The molecule has 3 aromatic rings. The molecule has 0 spiro atoms. The maximum atomic E-state index is 15.3. The number of ether oxygens (including phenoxy) is 4. The molecule has 1 fully saturated rings. The molecule has 0 amide bonds. The van der Waals surface area contributed by atoms with E-state index in [1.165, 1.54) is 113 Å². The molecule has 1 aliphatic heterocycles. The lowest BCUT2D eigenvalue weighted by molar-refractivity contribution is -0.0652. The molecule has 1 saturated heterocycles. The molecule has 2 aromatic heterocycles. The molecule has 4 rings (SSSR count). The van der Waals surface area contributed by atoms with Crippen LogP contribution in [0.2, 0.25) is 0 Å². The van der Waals surface area contributed by atoms with Crippen molar-refractivity contribution in [3.8, 4) is 17.6 Å². The number of aromatic nitrogens is 2. The second-order valence-electron chi connectivity index (χ2n) is 15.0. The van der Waals surface area contributed by atoms with Crippen LogP contribution in [-0.4, -0.2) is 82.7 Å². The van der Waals surface area contributed by atoms with E-state index in [4.69, 9.17) is 40.3 Å². The van der Waals surface area contributed by atoms with Gasteiger partial charge in [0.2, 0.25) is 11.3 Å². The smallest absolute Gasteiger partial charge is 0.472 e. The maximum absolute atomic E-state index is 15.3. The molecule has 0 aliphatic carbocycles. The lowest BCUT2D eigenvalue weighted by Gasteiger charge is -2.24. The van der Waals surface area contributed by atoms with Crippen LogP contribution in [0.4, 0.5) is 15.8 Å². The van der Waals surface area contributed by atoms with Gasteiger partial charge in [-0.15, -0.1) is 0 Å². The van der Waals surface area contributed by atoms with Gasteiger partial charge in [0, 0.05) is 12.8 Å². The minimum Gasteiger partial charge on any atom is -0.505 e. The Morgan fingerprint density at radius 2 is 1.61 bits per heavy atom. The SMILES string of the molecule is [C-]#[N+]c1ccc(O[C@H](COCCCCCCCCCCCCCCCCCC)COP(=O)(O)OC[C@H]2O[C@@](C#N)(c3ccc4c(N)ccnn34)[C@H](O)[C@@H]2O)c(F)c1OC. The molecule has 0 saturated carbocycles. The van der Waals surface area contributed by atoms with Gasteiger partial charge in [0.15, 0.2) is 17.3 Å². The van der Waals surface area contributed by atoms with Crippen LogP contribution in [0.5, 0.6) is 11.5 Å². The standard InChI is InChI=1S/C42H61FN5O10P/c1-4-5-6-7-8-9-10-11-12-13-14-15-16-17-18-19-26-54-27-31(57-35-22-20-33(46-2)40(53-3)38(35)43)28-55-59(51,52)56-29-36-39(49)41(50)42(30-44,58-36)37-23-21-34-32(45)24-25-47-48(34)37/h20-25,31,36,39,41,49-50H,4-19,26-29,45H2,1,3H3,(H,51,52)/t31-,36-,39-,41-,42+/m1/s1. The molecule has 17 heteroatoms. The van der Waals surface area contributed by atoms with Gasteiger partial charge in [-0.05, 0) is 36.8 Å². The van der Waals surface area contributed by atoms with Crippen LogP contribution in [0.3, 0.4) is 0 Å². The Morgan fingerprint density at radius 1 is 0.983 bits per heavy atom. The van der Waals surface area contributed by atoms with Gasteiger partial charge in [-0.3, -0.25) is 9.05 Å². The van der Waals surface area contributed by atoms with E-state index >= 15 is 4.39 Å². The zero-order valence-corrected chi connectivity index (χ0v) is 35.2. The van der Waals surface area contributed by atoms with E-state index in [0.717, 1.165) is 25.7 Å². The summed E-state index contributed by atoms with van der Waals surface area (Å²) >= 11 is 0. The molecule has 59 heavy (non-hydrogen) atoms. The Bertz CT molecular complexity index is 1870. The van der Waals surface area contributed by atoms with Crippen molar-refractivity contribution in [2.45, 2.75) is 140 Å². The Labute approximate surface area is 346 Å². The number of hydrogen-bond acceptors (Lipinski definition) is 12. The highest BCUT2D eigenvalue weighted by Gasteiger charge is 2.58. The number of aliphatic hydroxyl groups is 2. The van der Waals surface area contributed by atoms with Crippen molar-refractivity contribution in [1.82, 2.24) is 9.61 Å². The van der Waals surface area contributed by atoms with Gasteiger partial charge in [0.1, 0.15) is 30.5 Å². The van der Waals surface area contributed by atoms with Gasteiger partial charge in [0.05, 0.1) is 50.4 Å². The number of nitriles is 1. The van der Waals surface area contributed by atoms with Crippen molar-refractivity contribution in [2.24, 2.45) is 0 Å². The summed E-state index contributed by atoms with van der Waals surface area (Å²) in [4.78, 5) is 13.9. The molecule has 0 bridgehead atoms. The summed E-state index contributed by atoms with van der Waals surface area (Å²) in [5.41, 5.74) is 4.68. The third-order valence-corrected chi connectivity index (χ3v) is 11.5. The van der Waals surface area contributed by atoms with E-state index in [1.807, 2.05) is 6.07 Å². The number of halogens is 1. The molecule has 1 aliphatic rings. The zero-order valence-electron chi connectivity index (χ0n) is 34.3. The molecule has 5 N–H and O–H groups in total. The van der Waals surface area contributed by atoms with Crippen molar-refractivity contribution in [2.75, 3.05) is 39.3 Å². The second-order valence-corrected chi connectivity index (χ2v) is 16.4. The van der Waals surface area contributed by atoms with Crippen LogP contribution >= 0.6 is 7.82 Å². The topological polar surface area (TPSA) is 205 Å². The predicted octanol–water partition coefficient (Wildman–Crippen LogP) is 8.31. The summed E-state index contributed by atoms with van der Waals surface area (Å²) in [7, 11) is -3.69. The highest BCUT2D eigenvalue weighted by Crippen LogP contribution is 2.46. The minimum atomic E-state index is -4.91. The quantitative estimate of drug-likeness (QED) is 0.0295. The van der Waals surface area contributed by atoms with Gasteiger partial charge in [-0.2, -0.15) is 10.4 Å². The summed E-state index contributed by atoms with van der Waals surface area (Å²) in [6.07, 6.45) is 15.1. The highest BCUT2D eigenvalue weighted by atomic mass is 31.2. The number of fused-ring (bicyclic) bond motifs is 1. The number of aliphatic hydroxyl groups excluding tert-OH is 2. The number of nitrogen functional groups attached to an aromatic ring is 1. The average molecular weight is 846 g/mol. The number of hydrogen-bond donors (Lipinski definition) is 4. The number of phosphoric ester groups is 1. The lowest BCUT2D eigenvalue weighted by atomic mass is 9.92. The Hall–Kier alpha value is -3.83. The fraction of sp³-hybridized carbons (Fsp3) is 0.643. The first-order valence-electron chi connectivity index (χ1n) is 20.8. The third-order valence-electron chi connectivity index (χ3n) is 10.5. The Kier molecular flexibility index (Phi) is 19.8. The molecule has 326 valence electrons. The second kappa shape index (κ2) is 24.4. The molecule has 6 atom stereocenters. The Morgan fingerprint density at radius 3 is 2.20 bits per heavy atom. The van der Waals surface area contributed by atoms with Crippen LogP contribution in [0.15, 0.2) is 36.5 Å². The van der Waals surface area contributed by atoms with Crippen molar-refractivity contribution in [3.63, 3.8) is 0 Å². The minimum absolute atomic E-state index is 0.0643. The van der Waals surface area contributed by atoms with Gasteiger partial charge in [-0.1, -0.05) is 103 Å².